The molecule has 0 fully saturated rings. The van der Waals surface area contributed by atoms with E-state index in [1.54, 1.807) is 48.5 Å². The molecule has 0 saturated heterocycles. The second kappa shape index (κ2) is 12.8. The van der Waals surface area contributed by atoms with Crippen molar-refractivity contribution in [2.75, 3.05) is 18.5 Å². The molecule has 2 aromatic rings. The summed E-state index contributed by atoms with van der Waals surface area (Å²) >= 11 is 0. The normalized spacial score (nSPS) is 11.0. The Labute approximate surface area is 191 Å². The zero-order valence-corrected chi connectivity index (χ0v) is 17.8. The van der Waals surface area contributed by atoms with E-state index in [1.807, 2.05) is 0 Å². The maximum absolute atomic E-state index is 12.2. The SMILES string of the molecule is NC[C@H](NC(=O)c1ccc(C#Cc2ccc(NC(=O)CCCC(=O)O)cc2)cc1)C(=O)CO. The first-order valence-electron chi connectivity index (χ1n) is 10.2. The Kier molecular flexibility index (Phi) is 9.77. The summed E-state index contributed by atoms with van der Waals surface area (Å²) in [4.78, 5) is 46.0. The molecule has 9 heteroatoms. The summed E-state index contributed by atoms with van der Waals surface area (Å²) in [6.45, 7) is -0.807. The average Bonchev–Trinajstić information content (AvgIpc) is 2.81. The molecule has 6 N–H and O–H groups in total. The molecule has 0 heterocycles. The number of aliphatic carboxylic acids is 1. The highest BCUT2D eigenvalue weighted by atomic mass is 16.4. The molecule has 0 unspecified atom stereocenters. The van der Waals surface area contributed by atoms with Gasteiger partial charge in [-0.3, -0.25) is 19.2 Å². The van der Waals surface area contributed by atoms with Gasteiger partial charge in [-0.1, -0.05) is 11.8 Å². The molecular weight excluding hydrogens is 426 g/mol. The third-order valence-electron chi connectivity index (χ3n) is 4.55. The molecule has 9 nitrogen and oxygen atoms in total. The number of ketones is 1. The Hall–Kier alpha value is -4.00. The second-order valence-corrected chi connectivity index (χ2v) is 7.09. The molecule has 0 aliphatic heterocycles. The summed E-state index contributed by atoms with van der Waals surface area (Å²) in [6.07, 6.45) is 0.358. The number of carboxylic acids is 1. The summed E-state index contributed by atoms with van der Waals surface area (Å²) in [5.41, 5.74) is 7.76. The van der Waals surface area contributed by atoms with Crippen molar-refractivity contribution >= 4 is 29.3 Å². The number of hydrogen-bond acceptors (Lipinski definition) is 6. The van der Waals surface area contributed by atoms with Crippen LogP contribution < -0.4 is 16.4 Å². The predicted octanol–water partition coefficient (Wildman–Crippen LogP) is 0.898. The third kappa shape index (κ3) is 8.57. The van der Waals surface area contributed by atoms with Gasteiger partial charge in [0.25, 0.3) is 5.91 Å². The number of anilines is 1. The van der Waals surface area contributed by atoms with Crippen LogP contribution in [0, 0.1) is 11.8 Å². The van der Waals surface area contributed by atoms with E-state index in [1.165, 1.54) is 0 Å². The van der Waals surface area contributed by atoms with Crippen molar-refractivity contribution in [3.63, 3.8) is 0 Å². The summed E-state index contributed by atoms with van der Waals surface area (Å²) in [7, 11) is 0. The number of carbonyl (C=O) groups excluding carboxylic acids is 3. The lowest BCUT2D eigenvalue weighted by Crippen LogP contribution is -2.46. The Bertz CT molecular complexity index is 1050. The Morgan fingerprint density at radius 1 is 0.909 bits per heavy atom. The first-order valence-corrected chi connectivity index (χ1v) is 10.2. The van der Waals surface area contributed by atoms with E-state index in [4.69, 9.17) is 15.9 Å². The lowest BCUT2D eigenvalue weighted by Gasteiger charge is -2.14. The van der Waals surface area contributed by atoms with Crippen LogP contribution in [0.4, 0.5) is 5.69 Å². The number of benzene rings is 2. The van der Waals surface area contributed by atoms with Crippen molar-refractivity contribution in [2.24, 2.45) is 5.73 Å². The van der Waals surface area contributed by atoms with Crippen LogP contribution in [-0.2, 0) is 14.4 Å². The monoisotopic (exact) mass is 451 g/mol. The van der Waals surface area contributed by atoms with Gasteiger partial charge in [-0.15, -0.1) is 0 Å². The Balaban J connectivity index is 1.93. The van der Waals surface area contributed by atoms with E-state index in [0.29, 0.717) is 22.4 Å². The van der Waals surface area contributed by atoms with Gasteiger partial charge in [0.05, 0.1) is 0 Å². The number of carboxylic acid groups (broad SMARTS) is 1. The predicted molar refractivity (Wildman–Crippen MR) is 121 cm³/mol. The van der Waals surface area contributed by atoms with Crippen molar-refractivity contribution in [3.8, 4) is 11.8 Å². The van der Waals surface area contributed by atoms with Gasteiger partial charge in [0.15, 0.2) is 5.78 Å². The fourth-order valence-corrected chi connectivity index (χ4v) is 2.73. The van der Waals surface area contributed by atoms with Gasteiger partial charge in [-0.2, -0.15) is 0 Å². The van der Waals surface area contributed by atoms with Crippen molar-refractivity contribution in [1.29, 1.82) is 0 Å². The highest BCUT2D eigenvalue weighted by Gasteiger charge is 2.18. The van der Waals surface area contributed by atoms with Crippen LogP contribution in [0.25, 0.3) is 0 Å². The molecule has 1 atom stereocenters. The highest BCUT2D eigenvalue weighted by molar-refractivity contribution is 5.98. The summed E-state index contributed by atoms with van der Waals surface area (Å²) < 4.78 is 0. The van der Waals surface area contributed by atoms with E-state index in [-0.39, 0.29) is 31.7 Å². The number of nitrogens with two attached hydrogens (primary N) is 1. The first kappa shape index (κ1) is 25.3. The molecule has 0 spiro atoms. The molecule has 2 rings (SSSR count). The van der Waals surface area contributed by atoms with Crippen LogP contribution in [0.3, 0.4) is 0 Å². The highest BCUT2D eigenvalue weighted by Crippen LogP contribution is 2.11. The lowest BCUT2D eigenvalue weighted by atomic mass is 10.1. The lowest BCUT2D eigenvalue weighted by molar-refractivity contribution is -0.137. The number of aliphatic hydroxyl groups is 1. The fourth-order valence-electron chi connectivity index (χ4n) is 2.73. The molecular formula is C24H25N3O6. The van der Waals surface area contributed by atoms with Gasteiger partial charge in [-0.25, -0.2) is 0 Å². The molecule has 0 radical (unpaired) electrons. The molecule has 0 saturated carbocycles. The molecule has 0 aliphatic carbocycles. The van der Waals surface area contributed by atoms with E-state index in [2.05, 4.69) is 22.5 Å². The fraction of sp³-hybridized carbons (Fsp3) is 0.250. The van der Waals surface area contributed by atoms with Gasteiger partial charge in [0, 0.05) is 41.8 Å². The van der Waals surface area contributed by atoms with Crippen LogP contribution in [-0.4, -0.2) is 53.0 Å². The van der Waals surface area contributed by atoms with Gasteiger partial charge < -0.3 is 26.6 Å². The first-order chi connectivity index (χ1) is 15.8. The minimum absolute atomic E-state index is 0.0504. The van der Waals surface area contributed by atoms with Crippen LogP contribution in [0.1, 0.15) is 40.7 Å². The minimum Gasteiger partial charge on any atom is -0.481 e. The second-order valence-electron chi connectivity index (χ2n) is 7.09. The van der Waals surface area contributed by atoms with Gasteiger partial charge in [-0.05, 0) is 55.0 Å². The average molecular weight is 451 g/mol. The smallest absolute Gasteiger partial charge is 0.303 e. The van der Waals surface area contributed by atoms with Crippen molar-refractivity contribution in [3.05, 3.63) is 65.2 Å². The molecule has 0 bridgehead atoms. The number of aliphatic hydroxyl groups excluding tert-OH is 1. The largest absolute Gasteiger partial charge is 0.481 e. The number of Topliss-reactive ketones (excluding diaryl/α,β-unsaturated/α-hetero) is 1. The standard InChI is InChI=1S/C24H25N3O6/c25-14-20(21(29)15-28)27-24(33)18-10-6-16(7-11-18)4-5-17-8-12-19(13-9-17)26-22(30)2-1-3-23(31)32/h6-13,20,28H,1-3,14-15,25H2,(H,26,30)(H,27,33)(H,31,32)/t20-/m0/s1. The molecule has 172 valence electrons. The number of hydrogen-bond donors (Lipinski definition) is 5. The zero-order chi connectivity index (χ0) is 24.2. The van der Waals surface area contributed by atoms with E-state index in [9.17, 15) is 19.2 Å². The van der Waals surface area contributed by atoms with E-state index < -0.39 is 30.3 Å². The van der Waals surface area contributed by atoms with E-state index in [0.717, 1.165) is 0 Å². The van der Waals surface area contributed by atoms with Crippen LogP contribution in [0.5, 0.6) is 0 Å². The van der Waals surface area contributed by atoms with Crippen molar-refractivity contribution < 1.29 is 29.4 Å². The molecule has 2 amide bonds. The van der Waals surface area contributed by atoms with Crippen LogP contribution in [0.15, 0.2) is 48.5 Å². The van der Waals surface area contributed by atoms with Crippen LogP contribution in [0.2, 0.25) is 0 Å². The maximum Gasteiger partial charge on any atom is 0.303 e. The topological polar surface area (TPSA) is 159 Å². The maximum atomic E-state index is 12.2. The van der Waals surface area contributed by atoms with Crippen molar-refractivity contribution in [2.45, 2.75) is 25.3 Å². The molecule has 0 aromatic heterocycles. The molecule has 0 aliphatic rings. The molecule has 33 heavy (non-hydrogen) atoms. The number of rotatable bonds is 10. The van der Waals surface area contributed by atoms with Crippen LogP contribution >= 0.6 is 0 Å². The number of carbonyl (C=O) groups is 4. The van der Waals surface area contributed by atoms with E-state index >= 15 is 0 Å². The number of nitrogens with one attached hydrogen (secondary N) is 2. The molecule has 2 aromatic carbocycles. The number of amides is 2. The van der Waals surface area contributed by atoms with Gasteiger partial charge in [0.1, 0.15) is 12.6 Å². The summed E-state index contributed by atoms with van der Waals surface area (Å²) in [6, 6.07) is 12.4. The van der Waals surface area contributed by atoms with Gasteiger partial charge >= 0.3 is 5.97 Å². The quantitative estimate of drug-likeness (QED) is 0.336. The minimum atomic E-state index is -0.945. The Morgan fingerprint density at radius 3 is 2.00 bits per heavy atom. The van der Waals surface area contributed by atoms with Crippen molar-refractivity contribution in [1.82, 2.24) is 5.32 Å². The zero-order valence-electron chi connectivity index (χ0n) is 17.8. The third-order valence-corrected chi connectivity index (χ3v) is 4.55. The Morgan fingerprint density at radius 2 is 1.48 bits per heavy atom. The summed E-state index contributed by atoms with van der Waals surface area (Å²) in [5, 5.41) is 22.7. The summed E-state index contributed by atoms with van der Waals surface area (Å²) in [5.74, 6) is 3.73. The van der Waals surface area contributed by atoms with Gasteiger partial charge in [0.2, 0.25) is 5.91 Å².